The third-order valence-electron chi connectivity index (χ3n) is 3.84. The molecule has 0 fully saturated rings. The zero-order chi connectivity index (χ0) is 19.4. The van der Waals surface area contributed by atoms with Crippen LogP contribution in [0, 0.1) is 13.8 Å². The molecule has 0 saturated carbocycles. The molecule has 0 amide bonds. The molecule has 0 aliphatic heterocycles. The summed E-state index contributed by atoms with van der Waals surface area (Å²) in [6.45, 7) is 3.82. The van der Waals surface area contributed by atoms with Crippen LogP contribution in [0.1, 0.15) is 11.4 Å². The first-order valence-corrected chi connectivity index (χ1v) is 9.74. The van der Waals surface area contributed by atoms with Gasteiger partial charge in [0.25, 0.3) is 0 Å². The molecule has 0 radical (unpaired) electrons. The standard InChI is InChI=1S/C19H20N4O3S/c1-13-4-9-18(14(2)22-13)26-16-10-11-21-19(12-16)23-15-5-7-17(8-6-15)27(24,25)20-3/h4-12,20H,1-3H3,(H,21,23). The van der Waals surface area contributed by atoms with Crippen LogP contribution in [0.25, 0.3) is 0 Å². The number of hydrogen-bond donors (Lipinski definition) is 2. The van der Waals surface area contributed by atoms with Crippen molar-refractivity contribution in [2.45, 2.75) is 18.7 Å². The van der Waals surface area contributed by atoms with Crippen LogP contribution in [0.3, 0.4) is 0 Å². The number of nitrogens with zero attached hydrogens (tertiary/aromatic N) is 2. The van der Waals surface area contributed by atoms with Crippen LogP contribution in [0.4, 0.5) is 11.5 Å². The van der Waals surface area contributed by atoms with E-state index in [2.05, 4.69) is 20.0 Å². The molecule has 0 aliphatic rings. The molecule has 3 rings (SSSR count). The van der Waals surface area contributed by atoms with Crippen molar-refractivity contribution in [2.75, 3.05) is 12.4 Å². The maximum absolute atomic E-state index is 11.8. The van der Waals surface area contributed by atoms with E-state index < -0.39 is 10.0 Å². The second kappa shape index (κ2) is 7.73. The quantitative estimate of drug-likeness (QED) is 0.675. The maximum atomic E-state index is 11.8. The SMILES string of the molecule is CNS(=O)(=O)c1ccc(Nc2cc(Oc3ccc(C)nc3C)ccn2)cc1. The molecule has 27 heavy (non-hydrogen) atoms. The zero-order valence-electron chi connectivity index (χ0n) is 15.2. The number of hydrogen-bond acceptors (Lipinski definition) is 6. The molecule has 3 aromatic rings. The van der Waals surface area contributed by atoms with Gasteiger partial charge in [0.15, 0.2) is 0 Å². The molecule has 8 heteroatoms. The van der Waals surface area contributed by atoms with E-state index in [0.717, 1.165) is 11.4 Å². The number of aryl methyl sites for hydroxylation is 2. The van der Waals surface area contributed by atoms with Gasteiger partial charge in [-0.25, -0.2) is 18.1 Å². The number of sulfonamides is 1. The van der Waals surface area contributed by atoms with E-state index in [9.17, 15) is 8.42 Å². The van der Waals surface area contributed by atoms with Gasteiger partial charge in [-0.1, -0.05) is 0 Å². The number of rotatable bonds is 6. The molecule has 2 aromatic heterocycles. The van der Waals surface area contributed by atoms with Gasteiger partial charge in [-0.2, -0.15) is 0 Å². The summed E-state index contributed by atoms with van der Waals surface area (Å²) >= 11 is 0. The number of aromatic nitrogens is 2. The lowest BCUT2D eigenvalue weighted by atomic mass is 10.3. The van der Waals surface area contributed by atoms with E-state index in [1.165, 1.54) is 19.2 Å². The molecule has 7 nitrogen and oxygen atoms in total. The van der Waals surface area contributed by atoms with Crippen molar-refractivity contribution in [3.05, 3.63) is 66.1 Å². The van der Waals surface area contributed by atoms with Crippen LogP contribution in [0.5, 0.6) is 11.5 Å². The van der Waals surface area contributed by atoms with E-state index in [0.29, 0.717) is 23.0 Å². The van der Waals surface area contributed by atoms with E-state index in [4.69, 9.17) is 4.74 Å². The molecule has 0 unspecified atom stereocenters. The van der Waals surface area contributed by atoms with Gasteiger partial charge in [-0.15, -0.1) is 0 Å². The number of anilines is 2. The molecule has 1 aromatic carbocycles. The highest BCUT2D eigenvalue weighted by molar-refractivity contribution is 7.89. The predicted octanol–water partition coefficient (Wildman–Crippen LogP) is 3.54. The highest BCUT2D eigenvalue weighted by Crippen LogP contribution is 2.26. The Labute approximate surface area is 158 Å². The summed E-state index contributed by atoms with van der Waals surface area (Å²) in [4.78, 5) is 8.84. The average Bonchev–Trinajstić information content (AvgIpc) is 2.65. The van der Waals surface area contributed by atoms with Crippen LogP contribution in [-0.4, -0.2) is 25.4 Å². The van der Waals surface area contributed by atoms with Gasteiger partial charge in [0, 0.05) is 23.6 Å². The lowest BCUT2D eigenvalue weighted by molar-refractivity contribution is 0.475. The molecule has 0 aliphatic carbocycles. The smallest absolute Gasteiger partial charge is 0.240 e. The average molecular weight is 384 g/mol. The minimum atomic E-state index is -3.46. The fourth-order valence-electron chi connectivity index (χ4n) is 2.43. The van der Waals surface area contributed by atoms with Gasteiger partial charge < -0.3 is 10.1 Å². The van der Waals surface area contributed by atoms with Crippen molar-refractivity contribution in [1.29, 1.82) is 0 Å². The Kier molecular flexibility index (Phi) is 5.38. The Morgan fingerprint density at radius 3 is 2.41 bits per heavy atom. The Hall–Kier alpha value is -2.97. The van der Waals surface area contributed by atoms with Gasteiger partial charge in [0.05, 0.1) is 10.6 Å². The van der Waals surface area contributed by atoms with Gasteiger partial charge in [-0.3, -0.25) is 4.98 Å². The summed E-state index contributed by atoms with van der Waals surface area (Å²) in [6.07, 6.45) is 1.63. The Bertz CT molecular complexity index is 1050. The summed E-state index contributed by atoms with van der Waals surface area (Å²) in [5.74, 6) is 1.88. The summed E-state index contributed by atoms with van der Waals surface area (Å²) in [6, 6.07) is 13.7. The molecule has 140 valence electrons. The molecule has 0 saturated heterocycles. The normalized spacial score (nSPS) is 11.2. The van der Waals surface area contributed by atoms with Crippen molar-refractivity contribution in [3.63, 3.8) is 0 Å². The van der Waals surface area contributed by atoms with Crippen LogP contribution in [-0.2, 0) is 10.0 Å². The largest absolute Gasteiger partial charge is 0.455 e. The van der Waals surface area contributed by atoms with Crippen LogP contribution in [0.15, 0.2) is 59.6 Å². The van der Waals surface area contributed by atoms with Crippen molar-refractivity contribution >= 4 is 21.5 Å². The molecule has 2 N–H and O–H groups in total. The zero-order valence-corrected chi connectivity index (χ0v) is 16.0. The summed E-state index contributed by atoms with van der Waals surface area (Å²) in [5, 5.41) is 3.13. The predicted molar refractivity (Wildman–Crippen MR) is 104 cm³/mol. The van der Waals surface area contributed by atoms with Gasteiger partial charge in [0.1, 0.15) is 17.3 Å². The molecule has 0 spiro atoms. The Balaban J connectivity index is 1.76. The topological polar surface area (TPSA) is 93.2 Å². The summed E-state index contributed by atoms with van der Waals surface area (Å²) in [7, 11) is -2.08. The van der Waals surface area contributed by atoms with Crippen LogP contribution in [0.2, 0.25) is 0 Å². The first kappa shape index (κ1) is 18.8. The molecule has 0 atom stereocenters. The maximum Gasteiger partial charge on any atom is 0.240 e. The van der Waals surface area contributed by atoms with E-state index >= 15 is 0 Å². The fourth-order valence-corrected chi connectivity index (χ4v) is 3.16. The van der Waals surface area contributed by atoms with Gasteiger partial charge in [-0.05, 0) is 63.4 Å². The first-order valence-electron chi connectivity index (χ1n) is 8.26. The minimum Gasteiger partial charge on any atom is -0.455 e. The Morgan fingerprint density at radius 1 is 1.00 bits per heavy atom. The van der Waals surface area contributed by atoms with E-state index in [1.807, 2.05) is 26.0 Å². The summed E-state index contributed by atoms with van der Waals surface area (Å²) < 4.78 is 31.7. The molecule has 0 bridgehead atoms. The minimum absolute atomic E-state index is 0.197. The molecular weight excluding hydrogens is 364 g/mol. The number of nitrogens with one attached hydrogen (secondary N) is 2. The lowest BCUT2D eigenvalue weighted by Crippen LogP contribution is -2.18. The second-order valence-corrected chi connectivity index (χ2v) is 7.76. The lowest BCUT2D eigenvalue weighted by Gasteiger charge is -2.11. The van der Waals surface area contributed by atoms with E-state index in [1.54, 1.807) is 30.5 Å². The number of pyridine rings is 2. The highest BCUT2D eigenvalue weighted by atomic mass is 32.2. The van der Waals surface area contributed by atoms with Crippen LogP contribution < -0.4 is 14.8 Å². The van der Waals surface area contributed by atoms with Crippen molar-refractivity contribution < 1.29 is 13.2 Å². The first-order chi connectivity index (χ1) is 12.9. The monoisotopic (exact) mass is 384 g/mol. The molecular formula is C19H20N4O3S. The second-order valence-electron chi connectivity index (χ2n) is 5.87. The van der Waals surface area contributed by atoms with Gasteiger partial charge in [0.2, 0.25) is 10.0 Å². The number of benzene rings is 1. The third kappa shape index (κ3) is 4.60. The van der Waals surface area contributed by atoms with Crippen molar-refractivity contribution in [3.8, 4) is 11.5 Å². The van der Waals surface area contributed by atoms with Crippen LogP contribution >= 0.6 is 0 Å². The Morgan fingerprint density at radius 2 is 1.74 bits per heavy atom. The summed E-state index contributed by atoms with van der Waals surface area (Å²) in [5.41, 5.74) is 2.45. The number of ether oxygens (including phenoxy) is 1. The highest BCUT2D eigenvalue weighted by Gasteiger charge is 2.10. The fraction of sp³-hybridized carbons (Fsp3) is 0.158. The third-order valence-corrected chi connectivity index (χ3v) is 5.27. The van der Waals surface area contributed by atoms with E-state index in [-0.39, 0.29) is 4.90 Å². The van der Waals surface area contributed by atoms with Gasteiger partial charge >= 0.3 is 0 Å². The van der Waals surface area contributed by atoms with Crippen molar-refractivity contribution in [1.82, 2.24) is 14.7 Å². The molecule has 2 heterocycles. The van der Waals surface area contributed by atoms with Crippen molar-refractivity contribution in [2.24, 2.45) is 0 Å².